The fourth-order valence-corrected chi connectivity index (χ4v) is 5.08. The number of hydrogen-bond acceptors (Lipinski definition) is 10. The molecule has 0 spiro atoms. The summed E-state index contributed by atoms with van der Waals surface area (Å²) in [4.78, 5) is 5.20. The highest BCUT2D eigenvalue weighted by Gasteiger charge is 2.27. The van der Waals surface area contributed by atoms with Crippen LogP contribution in [0.2, 0.25) is 0 Å². The van der Waals surface area contributed by atoms with Crippen LogP contribution in [0, 0.1) is 0 Å². The Bertz CT molecular complexity index is 1310. The van der Waals surface area contributed by atoms with E-state index in [1.54, 1.807) is 26.8 Å². The third kappa shape index (κ3) is 4.45. The number of nitrogens with zero attached hydrogens (tertiary/aromatic N) is 4. The van der Waals surface area contributed by atoms with E-state index in [1.165, 1.54) is 11.3 Å². The molecule has 0 radical (unpaired) electrons. The van der Waals surface area contributed by atoms with Gasteiger partial charge in [-0.15, -0.1) is 10.2 Å². The van der Waals surface area contributed by atoms with Crippen LogP contribution < -0.4 is 24.8 Å². The van der Waals surface area contributed by atoms with Gasteiger partial charge in [-0.2, -0.15) is 0 Å². The molecule has 1 aliphatic heterocycles. The van der Waals surface area contributed by atoms with E-state index < -0.39 is 0 Å². The number of anilines is 2. The molecular weight excluding hydrogens is 480 g/mol. The first-order valence-corrected chi connectivity index (χ1v) is 12.7. The second kappa shape index (κ2) is 10.7. The van der Waals surface area contributed by atoms with Crippen LogP contribution in [0.15, 0.2) is 29.8 Å². The first-order valence-electron chi connectivity index (χ1n) is 11.9. The fourth-order valence-electron chi connectivity index (χ4n) is 4.62. The largest absolute Gasteiger partial charge is 0.493 e. The summed E-state index contributed by atoms with van der Waals surface area (Å²) in [6.45, 7) is 5.12. The van der Waals surface area contributed by atoms with Crippen molar-refractivity contribution in [3.63, 3.8) is 0 Å². The average Bonchev–Trinajstić information content (AvgIpc) is 3.56. The molecule has 1 saturated heterocycles. The van der Waals surface area contributed by atoms with Gasteiger partial charge in [0.2, 0.25) is 10.9 Å². The van der Waals surface area contributed by atoms with Gasteiger partial charge in [0.05, 0.1) is 45.1 Å². The van der Waals surface area contributed by atoms with E-state index in [9.17, 15) is 0 Å². The Morgan fingerprint density at radius 1 is 1.17 bits per heavy atom. The second-order valence-electron chi connectivity index (χ2n) is 8.33. The quantitative estimate of drug-likeness (QED) is 0.339. The minimum Gasteiger partial charge on any atom is -0.493 e. The first kappa shape index (κ1) is 24.3. The van der Waals surface area contributed by atoms with Crippen LogP contribution in [-0.4, -0.2) is 60.8 Å². The summed E-state index contributed by atoms with van der Waals surface area (Å²) < 4.78 is 25.2. The molecule has 0 bridgehead atoms. The smallest absolute Gasteiger partial charge is 0.209 e. The van der Waals surface area contributed by atoms with Crippen LogP contribution in [0.3, 0.4) is 0 Å². The summed E-state index contributed by atoms with van der Waals surface area (Å²) in [5.41, 5.74) is 6.41. The highest BCUT2D eigenvalue weighted by Crippen LogP contribution is 2.43. The van der Waals surface area contributed by atoms with Crippen molar-refractivity contribution in [1.29, 1.82) is 0 Å². The molecule has 0 aliphatic carbocycles. The number of nitrogens with one attached hydrogen (secondary N) is 2. The van der Waals surface area contributed by atoms with Gasteiger partial charge in [-0.3, -0.25) is 0 Å². The number of rotatable bonds is 9. The SMILES string of the molecule is CCCn1c(-c2cc(OC)c(OC)c(OC)c2)nc2c(C3CNCCO3)c(Nc3nncs3)ccc21. The Kier molecular flexibility index (Phi) is 7.21. The van der Waals surface area contributed by atoms with Crippen LogP contribution in [0.25, 0.3) is 22.4 Å². The van der Waals surface area contributed by atoms with Crippen LogP contribution in [-0.2, 0) is 11.3 Å². The molecule has 36 heavy (non-hydrogen) atoms. The number of ether oxygens (including phenoxy) is 4. The van der Waals surface area contributed by atoms with Crippen molar-refractivity contribution < 1.29 is 18.9 Å². The third-order valence-corrected chi connectivity index (χ3v) is 6.79. The number of benzene rings is 2. The number of morpholine rings is 1. The molecule has 4 aromatic rings. The summed E-state index contributed by atoms with van der Waals surface area (Å²) in [7, 11) is 4.84. The molecule has 5 rings (SSSR count). The van der Waals surface area contributed by atoms with Crippen molar-refractivity contribution in [3.05, 3.63) is 35.3 Å². The molecule has 1 unspecified atom stereocenters. The molecule has 0 saturated carbocycles. The number of hydrogen-bond donors (Lipinski definition) is 2. The molecule has 1 fully saturated rings. The zero-order valence-corrected chi connectivity index (χ0v) is 21.6. The van der Waals surface area contributed by atoms with Gasteiger partial charge in [-0.1, -0.05) is 18.3 Å². The van der Waals surface area contributed by atoms with Crippen molar-refractivity contribution in [1.82, 2.24) is 25.1 Å². The van der Waals surface area contributed by atoms with E-state index in [0.717, 1.165) is 58.3 Å². The van der Waals surface area contributed by atoms with E-state index in [2.05, 4.69) is 44.5 Å². The lowest BCUT2D eigenvalue weighted by Gasteiger charge is -2.26. The monoisotopic (exact) mass is 510 g/mol. The predicted molar refractivity (Wildman–Crippen MR) is 140 cm³/mol. The van der Waals surface area contributed by atoms with Crippen molar-refractivity contribution in [2.75, 3.05) is 46.3 Å². The molecule has 1 aliphatic rings. The number of imidazole rings is 1. The summed E-state index contributed by atoms with van der Waals surface area (Å²) in [6, 6.07) is 8.05. The van der Waals surface area contributed by atoms with Crippen molar-refractivity contribution in [2.45, 2.75) is 26.0 Å². The average molecular weight is 511 g/mol. The van der Waals surface area contributed by atoms with E-state index in [1.807, 2.05) is 12.1 Å². The minimum absolute atomic E-state index is 0.157. The van der Waals surface area contributed by atoms with Crippen molar-refractivity contribution >= 4 is 33.2 Å². The Balaban J connectivity index is 1.73. The lowest BCUT2D eigenvalue weighted by molar-refractivity contribution is 0.0289. The first-order chi connectivity index (χ1) is 17.7. The van der Waals surface area contributed by atoms with E-state index in [-0.39, 0.29) is 6.10 Å². The molecule has 2 N–H and O–H groups in total. The van der Waals surface area contributed by atoms with Gasteiger partial charge in [0.15, 0.2) is 11.5 Å². The molecule has 2 aromatic heterocycles. The van der Waals surface area contributed by atoms with Gasteiger partial charge >= 0.3 is 0 Å². The lowest BCUT2D eigenvalue weighted by Crippen LogP contribution is -2.33. The highest BCUT2D eigenvalue weighted by atomic mass is 32.1. The van der Waals surface area contributed by atoms with Gasteiger partial charge in [-0.05, 0) is 30.7 Å². The summed E-state index contributed by atoms with van der Waals surface area (Å²) >= 11 is 1.45. The number of aryl methyl sites for hydroxylation is 1. The number of aromatic nitrogens is 4. The Morgan fingerprint density at radius 3 is 2.58 bits per heavy atom. The van der Waals surface area contributed by atoms with Gasteiger partial charge in [0, 0.05) is 36.4 Å². The lowest BCUT2D eigenvalue weighted by atomic mass is 10.0. The Hall–Kier alpha value is -3.41. The molecular formula is C25H30N6O4S. The molecule has 10 nitrogen and oxygen atoms in total. The zero-order valence-electron chi connectivity index (χ0n) is 20.8. The van der Waals surface area contributed by atoms with E-state index >= 15 is 0 Å². The maximum absolute atomic E-state index is 6.21. The summed E-state index contributed by atoms with van der Waals surface area (Å²) in [5.74, 6) is 2.54. The normalized spacial score (nSPS) is 15.7. The van der Waals surface area contributed by atoms with Crippen molar-refractivity contribution in [3.8, 4) is 28.6 Å². The molecule has 0 amide bonds. The number of methoxy groups -OCH3 is 3. The van der Waals surface area contributed by atoms with Crippen LogP contribution in [0.1, 0.15) is 25.0 Å². The Labute approximate surface area is 213 Å². The fraction of sp³-hybridized carbons (Fsp3) is 0.400. The zero-order chi connectivity index (χ0) is 25.1. The third-order valence-electron chi connectivity index (χ3n) is 6.18. The van der Waals surface area contributed by atoms with E-state index in [0.29, 0.717) is 30.4 Å². The molecule has 3 heterocycles. The van der Waals surface area contributed by atoms with Gasteiger partial charge < -0.3 is 34.1 Å². The van der Waals surface area contributed by atoms with Crippen LogP contribution in [0.5, 0.6) is 17.2 Å². The minimum atomic E-state index is -0.157. The van der Waals surface area contributed by atoms with Crippen LogP contribution >= 0.6 is 11.3 Å². The van der Waals surface area contributed by atoms with Gasteiger partial charge in [0.1, 0.15) is 11.3 Å². The second-order valence-corrected chi connectivity index (χ2v) is 9.16. The molecule has 2 aromatic carbocycles. The van der Waals surface area contributed by atoms with Gasteiger partial charge in [0.25, 0.3) is 0 Å². The maximum atomic E-state index is 6.21. The molecule has 190 valence electrons. The van der Waals surface area contributed by atoms with Crippen molar-refractivity contribution in [2.24, 2.45) is 0 Å². The standard InChI is InChI=1S/C25H30N6O4S/c1-5-9-31-17-7-6-16(28-25-30-27-14-36-25)21(20-13-26-8-10-35-20)22(17)29-24(31)15-11-18(32-2)23(34-4)19(12-15)33-3/h6-7,11-12,14,20,26H,5,8-10,13H2,1-4H3,(H,28,30). The van der Waals surface area contributed by atoms with E-state index in [4.69, 9.17) is 23.9 Å². The number of fused-ring (bicyclic) bond motifs is 1. The highest BCUT2D eigenvalue weighted by molar-refractivity contribution is 7.13. The Morgan fingerprint density at radius 2 is 1.97 bits per heavy atom. The molecule has 1 atom stereocenters. The summed E-state index contributed by atoms with van der Waals surface area (Å²) in [5, 5.41) is 15.7. The molecule has 11 heteroatoms. The van der Waals surface area contributed by atoms with Crippen LogP contribution in [0.4, 0.5) is 10.8 Å². The maximum Gasteiger partial charge on any atom is 0.209 e. The topological polar surface area (TPSA) is 105 Å². The summed E-state index contributed by atoms with van der Waals surface area (Å²) in [6.07, 6.45) is 0.792. The van der Waals surface area contributed by atoms with Gasteiger partial charge in [-0.25, -0.2) is 4.98 Å². The predicted octanol–water partition coefficient (Wildman–Crippen LogP) is 4.40.